The van der Waals surface area contributed by atoms with Gasteiger partial charge < -0.3 is 9.30 Å². The number of hydrogen-bond acceptors (Lipinski definition) is 4. The molecule has 0 amide bonds. The Balaban J connectivity index is 2.14. The van der Waals surface area contributed by atoms with Crippen molar-refractivity contribution in [1.29, 1.82) is 0 Å². The lowest BCUT2D eigenvalue weighted by Gasteiger charge is -2.10. The Morgan fingerprint density at radius 1 is 1.39 bits per heavy atom. The maximum absolute atomic E-state index is 12.4. The van der Waals surface area contributed by atoms with Crippen molar-refractivity contribution in [2.45, 2.75) is 20.4 Å². The second-order valence-corrected chi connectivity index (χ2v) is 6.12. The zero-order chi connectivity index (χ0) is 16.4. The van der Waals surface area contributed by atoms with Crippen LogP contribution in [0, 0.1) is 6.92 Å². The van der Waals surface area contributed by atoms with Crippen molar-refractivity contribution in [2.24, 2.45) is 0 Å². The van der Waals surface area contributed by atoms with E-state index in [4.69, 9.17) is 4.74 Å². The van der Waals surface area contributed by atoms with E-state index in [0.717, 1.165) is 21.5 Å². The van der Waals surface area contributed by atoms with Gasteiger partial charge in [0.2, 0.25) is 0 Å². The molecule has 1 aromatic carbocycles. The molecule has 3 rings (SSSR count). The van der Waals surface area contributed by atoms with E-state index in [1.54, 1.807) is 18.5 Å². The molecule has 2 aromatic heterocycles. The second-order valence-electron chi connectivity index (χ2n) is 5.26. The van der Waals surface area contributed by atoms with Crippen molar-refractivity contribution < 1.29 is 9.53 Å². The van der Waals surface area contributed by atoms with Gasteiger partial charge in [0.1, 0.15) is 5.69 Å². The SMILES string of the molecule is C=Cc1c(C(=O)OCC)n(Cc2ccc(C)cc2)c2ncsc12. The molecule has 118 valence electrons. The van der Waals surface area contributed by atoms with Crippen LogP contribution in [0.1, 0.15) is 34.1 Å². The van der Waals surface area contributed by atoms with E-state index in [0.29, 0.717) is 18.8 Å². The lowest BCUT2D eigenvalue weighted by atomic mass is 10.1. The summed E-state index contributed by atoms with van der Waals surface area (Å²) < 4.78 is 8.13. The summed E-state index contributed by atoms with van der Waals surface area (Å²) >= 11 is 1.51. The number of nitrogens with zero attached hydrogens (tertiary/aromatic N) is 2. The van der Waals surface area contributed by atoms with E-state index in [2.05, 4.69) is 42.8 Å². The molecule has 0 aliphatic carbocycles. The third-order valence-corrected chi connectivity index (χ3v) is 4.56. The number of rotatable bonds is 5. The van der Waals surface area contributed by atoms with E-state index in [9.17, 15) is 4.79 Å². The van der Waals surface area contributed by atoms with Crippen LogP contribution in [0.25, 0.3) is 16.4 Å². The van der Waals surface area contributed by atoms with Gasteiger partial charge in [0.05, 0.1) is 16.8 Å². The molecule has 0 aliphatic heterocycles. The Morgan fingerprint density at radius 3 is 2.78 bits per heavy atom. The molecule has 4 nitrogen and oxygen atoms in total. The maximum Gasteiger partial charge on any atom is 0.355 e. The van der Waals surface area contributed by atoms with Crippen LogP contribution < -0.4 is 0 Å². The number of ether oxygens (including phenoxy) is 1. The number of thiazole rings is 1. The standard InChI is InChI=1S/C18H18N2O2S/c1-4-14-15(18(21)22-5-2)20(17-16(14)23-11-19-17)10-13-8-6-12(3)7-9-13/h4,6-9,11H,1,5,10H2,2-3H3. The zero-order valence-corrected chi connectivity index (χ0v) is 14.0. The fourth-order valence-electron chi connectivity index (χ4n) is 2.61. The number of esters is 1. The summed E-state index contributed by atoms with van der Waals surface area (Å²) in [5.41, 5.74) is 6.23. The molecule has 3 aromatic rings. The Morgan fingerprint density at radius 2 is 2.13 bits per heavy atom. The van der Waals surface area contributed by atoms with Gasteiger partial charge >= 0.3 is 5.97 Å². The minimum Gasteiger partial charge on any atom is -0.461 e. The average Bonchev–Trinajstić information content (AvgIpc) is 3.11. The fourth-order valence-corrected chi connectivity index (χ4v) is 3.45. The Labute approximate surface area is 139 Å². The van der Waals surface area contributed by atoms with Crippen molar-refractivity contribution in [1.82, 2.24) is 9.55 Å². The third-order valence-electron chi connectivity index (χ3n) is 3.71. The van der Waals surface area contributed by atoms with Crippen LogP contribution in [0.3, 0.4) is 0 Å². The van der Waals surface area contributed by atoms with Gasteiger partial charge in [-0.2, -0.15) is 0 Å². The second kappa shape index (κ2) is 6.38. The number of fused-ring (bicyclic) bond motifs is 1. The molecule has 0 aliphatic rings. The summed E-state index contributed by atoms with van der Waals surface area (Å²) in [4.78, 5) is 16.9. The van der Waals surface area contributed by atoms with E-state index in [1.807, 2.05) is 4.57 Å². The van der Waals surface area contributed by atoms with Gasteiger partial charge in [0.15, 0.2) is 5.65 Å². The average molecular weight is 326 g/mol. The third kappa shape index (κ3) is 2.80. The quantitative estimate of drug-likeness (QED) is 0.658. The number of aryl methyl sites for hydroxylation is 1. The predicted octanol–water partition coefficient (Wildman–Crippen LogP) is 4.27. The molecule has 0 bridgehead atoms. The molecule has 0 atom stereocenters. The van der Waals surface area contributed by atoms with Gasteiger partial charge in [-0.3, -0.25) is 0 Å². The number of benzene rings is 1. The van der Waals surface area contributed by atoms with Crippen molar-refractivity contribution >= 4 is 33.7 Å². The van der Waals surface area contributed by atoms with E-state index in [1.165, 1.54) is 16.9 Å². The Bertz CT molecular complexity index is 859. The maximum atomic E-state index is 12.4. The highest BCUT2D eigenvalue weighted by atomic mass is 32.1. The van der Waals surface area contributed by atoms with Gasteiger partial charge in [0, 0.05) is 12.1 Å². The predicted molar refractivity (Wildman–Crippen MR) is 93.9 cm³/mol. The molecular weight excluding hydrogens is 308 g/mol. The van der Waals surface area contributed by atoms with Crippen molar-refractivity contribution in [3.05, 3.63) is 58.7 Å². The summed E-state index contributed by atoms with van der Waals surface area (Å²) in [6.07, 6.45) is 1.71. The Kier molecular flexibility index (Phi) is 4.30. The fraction of sp³-hybridized carbons (Fsp3) is 0.222. The first-order valence-electron chi connectivity index (χ1n) is 7.46. The van der Waals surface area contributed by atoms with Gasteiger partial charge in [0.25, 0.3) is 0 Å². The normalized spacial score (nSPS) is 10.9. The summed E-state index contributed by atoms with van der Waals surface area (Å²) in [6.45, 7) is 8.62. The molecular formula is C18H18N2O2S. The van der Waals surface area contributed by atoms with E-state index in [-0.39, 0.29) is 5.97 Å². The van der Waals surface area contributed by atoms with Crippen LogP contribution in [-0.4, -0.2) is 22.1 Å². The largest absolute Gasteiger partial charge is 0.461 e. The number of aromatic nitrogens is 2. The van der Waals surface area contributed by atoms with Crippen molar-refractivity contribution in [3.63, 3.8) is 0 Å². The summed E-state index contributed by atoms with van der Waals surface area (Å²) in [5.74, 6) is -0.334. The molecule has 0 spiro atoms. The van der Waals surface area contributed by atoms with E-state index >= 15 is 0 Å². The number of carbonyl (C=O) groups is 1. The summed E-state index contributed by atoms with van der Waals surface area (Å²) in [7, 11) is 0. The molecule has 0 unspecified atom stereocenters. The molecule has 23 heavy (non-hydrogen) atoms. The van der Waals surface area contributed by atoms with Crippen LogP contribution in [0.5, 0.6) is 0 Å². The summed E-state index contributed by atoms with van der Waals surface area (Å²) in [6, 6.07) is 8.26. The highest BCUT2D eigenvalue weighted by molar-refractivity contribution is 7.17. The van der Waals surface area contributed by atoms with E-state index < -0.39 is 0 Å². The van der Waals surface area contributed by atoms with Crippen LogP contribution in [0.15, 0.2) is 36.4 Å². The molecule has 0 saturated heterocycles. The smallest absolute Gasteiger partial charge is 0.355 e. The highest BCUT2D eigenvalue weighted by Crippen LogP contribution is 2.31. The first-order chi connectivity index (χ1) is 11.2. The molecule has 5 heteroatoms. The molecule has 0 N–H and O–H groups in total. The van der Waals surface area contributed by atoms with Crippen LogP contribution in [0.4, 0.5) is 0 Å². The Hall–Kier alpha value is -2.40. The number of hydrogen-bond donors (Lipinski definition) is 0. The molecule has 2 heterocycles. The van der Waals surface area contributed by atoms with Crippen LogP contribution in [0.2, 0.25) is 0 Å². The minimum absolute atomic E-state index is 0.334. The first kappa shape index (κ1) is 15.5. The molecule has 0 fully saturated rings. The highest BCUT2D eigenvalue weighted by Gasteiger charge is 2.24. The molecule has 0 saturated carbocycles. The monoisotopic (exact) mass is 326 g/mol. The topological polar surface area (TPSA) is 44.1 Å². The van der Waals surface area contributed by atoms with Gasteiger partial charge in [-0.05, 0) is 19.4 Å². The van der Waals surface area contributed by atoms with Crippen LogP contribution in [-0.2, 0) is 11.3 Å². The first-order valence-corrected chi connectivity index (χ1v) is 8.34. The van der Waals surface area contributed by atoms with Gasteiger partial charge in [-0.15, -0.1) is 11.3 Å². The number of carbonyl (C=O) groups excluding carboxylic acids is 1. The molecule has 0 radical (unpaired) electrons. The van der Waals surface area contributed by atoms with Gasteiger partial charge in [-0.1, -0.05) is 42.5 Å². The van der Waals surface area contributed by atoms with Crippen molar-refractivity contribution in [3.8, 4) is 0 Å². The van der Waals surface area contributed by atoms with Gasteiger partial charge in [-0.25, -0.2) is 9.78 Å². The van der Waals surface area contributed by atoms with Crippen molar-refractivity contribution in [2.75, 3.05) is 6.61 Å². The zero-order valence-electron chi connectivity index (χ0n) is 13.2. The lowest BCUT2D eigenvalue weighted by molar-refractivity contribution is 0.0514. The van der Waals surface area contributed by atoms with Crippen LogP contribution >= 0.6 is 11.3 Å². The minimum atomic E-state index is -0.334. The lowest BCUT2D eigenvalue weighted by Crippen LogP contribution is -2.14. The summed E-state index contributed by atoms with van der Waals surface area (Å²) in [5, 5.41) is 0.